The Hall–Kier alpha value is -2.17. The van der Waals surface area contributed by atoms with Gasteiger partial charge in [0.15, 0.2) is 11.5 Å². The van der Waals surface area contributed by atoms with Crippen molar-refractivity contribution in [3.8, 4) is 17.2 Å². The minimum absolute atomic E-state index is 0.176. The van der Waals surface area contributed by atoms with Gasteiger partial charge >= 0.3 is 5.97 Å². The molecule has 98 valence electrons. The summed E-state index contributed by atoms with van der Waals surface area (Å²) in [4.78, 5) is 10.5. The normalized spacial score (nSPS) is 10.0. The lowest BCUT2D eigenvalue weighted by Gasteiger charge is -2.08. The van der Waals surface area contributed by atoms with Crippen LogP contribution in [0, 0.1) is 0 Å². The monoisotopic (exact) mass is 252 g/mol. The molecule has 18 heavy (non-hydrogen) atoms. The predicted molar refractivity (Wildman–Crippen MR) is 65.9 cm³/mol. The highest BCUT2D eigenvalue weighted by atomic mass is 16.5. The molecule has 0 saturated carbocycles. The molecule has 0 fully saturated rings. The number of hydrogen-bond donors (Lipinski definition) is 3. The van der Waals surface area contributed by atoms with E-state index in [4.69, 9.17) is 9.84 Å². The molecule has 0 atom stereocenters. The Kier molecular flexibility index (Phi) is 5.05. The second-order valence-corrected chi connectivity index (χ2v) is 3.84. The highest BCUT2D eigenvalue weighted by Gasteiger charge is 2.07. The average molecular weight is 252 g/mol. The van der Waals surface area contributed by atoms with Gasteiger partial charge in [0.05, 0.1) is 6.61 Å². The summed E-state index contributed by atoms with van der Waals surface area (Å²) >= 11 is 0. The zero-order chi connectivity index (χ0) is 13.5. The van der Waals surface area contributed by atoms with Gasteiger partial charge in [-0.1, -0.05) is 12.6 Å². The van der Waals surface area contributed by atoms with E-state index >= 15 is 0 Å². The summed E-state index contributed by atoms with van der Waals surface area (Å²) in [5.41, 5.74) is 0.176. The molecule has 0 amide bonds. The number of phenolic OH excluding ortho intramolecular Hbond substituents is 2. The van der Waals surface area contributed by atoms with E-state index in [-0.39, 0.29) is 22.8 Å². The molecule has 1 rings (SSSR count). The van der Waals surface area contributed by atoms with Gasteiger partial charge in [0.25, 0.3) is 0 Å². The fourth-order valence-electron chi connectivity index (χ4n) is 1.36. The van der Waals surface area contributed by atoms with Crippen LogP contribution in [0.3, 0.4) is 0 Å². The van der Waals surface area contributed by atoms with Crippen LogP contribution in [-0.4, -0.2) is 27.9 Å². The number of carbonyl (C=O) groups is 1. The molecule has 5 nitrogen and oxygen atoms in total. The van der Waals surface area contributed by atoms with Gasteiger partial charge in [-0.3, -0.25) is 0 Å². The summed E-state index contributed by atoms with van der Waals surface area (Å²) in [5.74, 6) is -1.28. The Morgan fingerprint density at radius 2 is 2.00 bits per heavy atom. The summed E-state index contributed by atoms with van der Waals surface area (Å²) in [7, 11) is 0. The molecule has 0 saturated heterocycles. The molecule has 0 aliphatic carbocycles. The summed E-state index contributed by atoms with van der Waals surface area (Å²) in [6, 6.07) is 4.47. The molecule has 1 aromatic rings. The van der Waals surface area contributed by atoms with Crippen LogP contribution >= 0.6 is 0 Å². The first kappa shape index (κ1) is 13.9. The van der Waals surface area contributed by atoms with Crippen LogP contribution in [0.1, 0.15) is 19.3 Å². The molecule has 0 unspecified atom stereocenters. The first-order valence-electron chi connectivity index (χ1n) is 5.57. The molecule has 0 aromatic heterocycles. The second kappa shape index (κ2) is 6.54. The number of rotatable bonds is 7. The van der Waals surface area contributed by atoms with Crippen LogP contribution in [0.2, 0.25) is 0 Å². The predicted octanol–water partition coefficient (Wildman–Crippen LogP) is 2.29. The van der Waals surface area contributed by atoms with Crippen LogP contribution < -0.4 is 4.74 Å². The van der Waals surface area contributed by atoms with Gasteiger partial charge in [0, 0.05) is 5.57 Å². The van der Waals surface area contributed by atoms with Gasteiger partial charge < -0.3 is 20.1 Å². The molecule has 0 radical (unpaired) electrons. The first-order chi connectivity index (χ1) is 8.52. The maximum absolute atomic E-state index is 10.5. The van der Waals surface area contributed by atoms with E-state index in [0.29, 0.717) is 25.9 Å². The van der Waals surface area contributed by atoms with E-state index < -0.39 is 5.97 Å². The van der Waals surface area contributed by atoms with Crippen molar-refractivity contribution in [3.05, 3.63) is 30.4 Å². The average Bonchev–Trinajstić information content (AvgIpc) is 2.33. The smallest absolute Gasteiger partial charge is 0.330 e. The number of aromatic hydroxyl groups is 2. The fraction of sp³-hybridized carbons (Fsp3) is 0.308. The van der Waals surface area contributed by atoms with E-state index in [2.05, 4.69) is 6.58 Å². The van der Waals surface area contributed by atoms with Gasteiger partial charge in [0.2, 0.25) is 5.75 Å². The van der Waals surface area contributed by atoms with Crippen molar-refractivity contribution < 1.29 is 24.9 Å². The highest BCUT2D eigenvalue weighted by Crippen LogP contribution is 2.34. The minimum atomic E-state index is -0.985. The number of carboxylic acid groups (broad SMARTS) is 1. The van der Waals surface area contributed by atoms with Crippen LogP contribution in [-0.2, 0) is 4.79 Å². The maximum atomic E-state index is 10.5. The van der Waals surface area contributed by atoms with Crippen molar-refractivity contribution in [1.29, 1.82) is 0 Å². The topological polar surface area (TPSA) is 87.0 Å². The summed E-state index contributed by atoms with van der Waals surface area (Å²) in [5, 5.41) is 27.3. The Morgan fingerprint density at radius 3 is 2.67 bits per heavy atom. The number of benzene rings is 1. The van der Waals surface area contributed by atoms with E-state index in [1.54, 1.807) is 12.1 Å². The number of aliphatic carboxylic acids is 1. The van der Waals surface area contributed by atoms with Crippen LogP contribution in [0.15, 0.2) is 30.4 Å². The first-order valence-corrected chi connectivity index (χ1v) is 5.57. The summed E-state index contributed by atoms with van der Waals surface area (Å²) in [6.45, 7) is 3.76. The molecule has 0 bridgehead atoms. The molecule has 3 N–H and O–H groups in total. The molecular weight excluding hydrogens is 236 g/mol. The van der Waals surface area contributed by atoms with E-state index in [0.717, 1.165) is 0 Å². The Morgan fingerprint density at radius 1 is 1.28 bits per heavy atom. The van der Waals surface area contributed by atoms with Crippen LogP contribution in [0.4, 0.5) is 0 Å². The van der Waals surface area contributed by atoms with E-state index in [1.807, 2.05) is 0 Å². The Balaban J connectivity index is 2.28. The largest absolute Gasteiger partial charge is 0.504 e. The van der Waals surface area contributed by atoms with Gasteiger partial charge in [-0.15, -0.1) is 0 Å². The van der Waals surface area contributed by atoms with E-state index in [9.17, 15) is 15.0 Å². The van der Waals surface area contributed by atoms with Crippen LogP contribution in [0.25, 0.3) is 0 Å². The van der Waals surface area contributed by atoms with Gasteiger partial charge in [0.1, 0.15) is 0 Å². The molecule has 0 aliphatic heterocycles. The highest BCUT2D eigenvalue weighted by molar-refractivity contribution is 5.85. The number of para-hydroxylation sites is 1. The molecule has 0 heterocycles. The van der Waals surface area contributed by atoms with Gasteiger partial charge in [-0.2, -0.15) is 0 Å². The molecule has 0 spiro atoms. The number of phenols is 2. The lowest BCUT2D eigenvalue weighted by Crippen LogP contribution is -2.01. The number of unbranched alkanes of at least 4 members (excludes halogenated alkanes) is 1. The van der Waals surface area contributed by atoms with Crippen molar-refractivity contribution >= 4 is 5.97 Å². The number of ether oxygens (including phenoxy) is 1. The third-order valence-electron chi connectivity index (χ3n) is 2.41. The van der Waals surface area contributed by atoms with Crippen molar-refractivity contribution in [2.45, 2.75) is 19.3 Å². The zero-order valence-corrected chi connectivity index (χ0v) is 9.93. The molecular formula is C13H16O5. The Labute approximate surface area is 105 Å². The fourth-order valence-corrected chi connectivity index (χ4v) is 1.36. The standard InChI is InChI=1S/C13H16O5/c1-9(13(16)17)5-2-3-8-18-11-7-4-6-10(14)12(11)15/h4,6-7,14-15H,1-3,5,8H2,(H,16,17). The van der Waals surface area contributed by atoms with Crippen molar-refractivity contribution in [1.82, 2.24) is 0 Å². The quantitative estimate of drug-likeness (QED) is 0.393. The van der Waals surface area contributed by atoms with Crippen molar-refractivity contribution in [3.63, 3.8) is 0 Å². The van der Waals surface area contributed by atoms with Gasteiger partial charge in [-0.25, -0.2) is 4.79 Å². The minimum Gasteiger partial charge on any atom is -0.504 e. The molecule has 0 aliphatic rings. The van der Waals surface area contributed by atoms with Crippen molar-refractivity contribution in [2.24, 2.45) is 0 Å². The van der Waals surface area contributed by atoms with Crippen LogP contribution in [0.5, 0.6) is 17.2 Å². The SMILES string of the molecule is C=C(CCCCOc1cccc(O)c1O)C(=O)O. The zero-order valence-electron chi connectivity index (χ0n) is 9.93. The lowest BCUT2D eigenvalue weighted by atomic mass is 10.1. The summed E-state index contributed by atoms with van der Waals surface area (Å²) in [6.07, 6.45) is 1.69. The Bertz CT molecular complexity index is 439. The lowest BCUT2D eigenvalue weighted by molar-refractivity contribution is -0.132. The molecule has 1 aromatic carbocycles. The second-order valence-electron chi connectivity index (χ2n) is 3.84. The number of carboxylic acids is 1. The maximum Gasteiger partial charge on any atom is 0.330 e. The van der Waals surface area contributed by atoms with Crippen molar-refractivity contribution in [2.75, 3.05) is 6.61 Å². The third-order valence-corrected chi connectivity index (χ3v) is 2.41. The van der Waals surface area contributed by atoms with E-state index in [1.165, 1.54) is 6.07 Å². The molecule has 5 heteroatoms. The third kappa shape index (κ3) is 4.01. The van der Waals surface area contributed by atoms with Gasteiger partial charge in [-0.05, 0) is 31.4 Å². The summed E-state index contributed by atoms with van der Waals surface area (Å²) < 4.78 is 5.27. The number of hydrogen-bond acceptors (Lipinski definition) is 4.